The molecule has 0 aliphatic heterocycles. The SMILES string of the molecule is C=CCn1c(SCC(=O)Nc2ccc(I)cc2C)nnc1C(C)NC(=O)c1ccc(Cl)cc1Cl. The smallest absolute Gasteiger partial charge is 0.253 e. The fourth-order valence-electron chi connectivity index (χ4n) is 3.12. The molecule has 2 N–H and O–H groups in total. The highest BCUT2D eigenvalue weighted by Crippen LogP contribution is 2.24. The molecular formula is C23H22Cl2IN5O2S. The number of nitrogens with one attached hydrogen (secondary N) is 2. The number of carbonyl (C=O) groups excluding carboxylic acids is 2. The van der Waals surface area contributed by atoms with Gasteiger partial charge in [0.2, 0.25) is 5.91 Å². The van der Waals surface area contributed by atoms with Crippen molar-refractivity contribution >= 4 is 75.1 Å². The van der Waals surface area contributed by atoms with Gasteiger partial charge in [-0.15, -0.1) is 16.8 Å². The summed E-state index contributed by atoms with van der Waals surface area (Å²) in [6, 6.07) is 10.0. The topological polar surface area (TPSA) is 88.9 Å². The molecule has 1 atom stereocenters. The number of aryl methyl sites for hydroxylation is 1. The average molecular weight is 630 g/mol. The normalized spacial score (nSPS) is 11.7. The number of hydrogen-bond acceptors (Lipinski definition) is 5. The largest absolute Gasteiger partial charge is 0.342 e. The zero-order chi connectivity index (χ0) is 24.8. The molecule has 0 bridgehead atoms. The second kappa shape index (κ2) is 12.1. The van der Waals surface area contributed by atoms with Crippen molar-refractivity contribution in [3.8, 4) is 0 Å². The predicted molar refractivity (Wildman–Crippen MR) is 146 cm³/mol. The van der Waals surface area contributed by atoms with Crippen LogP contribution >= 0.6 is 57.6 Å². The number of aromatic nitrogens is 3. The lowest BCUT2D eigenvalue weighted by molar-refractivity contribution is -0.113. The van der Waals surface area contributed by atoms with E-state index < -0.39 is 6.04 Å². The Hall–Kier alpha value is -2.08. The van der Waals surface area contributed by atoms with E-state index in [1.165, 1.54) is 17.8 Å². The molecule has 0 aliphatic rings. The summed E-state index contributed by atoms with van der Waals surface area (Å²) in [5.74, 6) is 0.184. The Morgan fingerprint density at radius 2 is 2.00 bits per heavy atom. The molecule has 0 saturated carbocycles. The number of benzene rings is 2. The highest BCUT2D eigenvalue weighted by molar-refractivity contribution is 14.1. The van der Waals surface area contributed by atoms with E-state index in [2.05, 4.69) is 50.0 Å². The van der Waals surface area contributed by atoms with Crippen molar-refractivity contribution in [3.63, 3.8) is 0 Å². The molecule has 0 aliphatic carbocycles. The van der Waals surface area contributed by atoms with Crippen LogP contribution in [-0.4, -0.2) is 32.3 Å². The summed E-state index contributed by atoms with van der Waals surface area (Å²) >= 11 is 15.6. The standard InChI is InChI=1S/C23H22Cl2IN5O2S/c1-4-9-31-21(14(3)27-22(33)17-7-5-15(24)11-18(17)25)29-30-23(31)34-12-20(32)28-19-8-6-16(26)10-13(19)2/h4-8,10-11,14H,1,9,12H2,2-3H3,(H,27,33)(H,28,32). The van der Waals surface area contributed by atoms with Gasteiger partial charge in [0.15, 0.2) is 11.0 Å². The number of nitrogens with zero attached hydrogens (tertiary/aromatic N) is 3. The van der Waals surface area contributed by atoms with Gasteiger partial charge < -0.3 is 15.2 Å². The van der Waals surface area contributed by atoms with Gasteiger partial charge in [-0.2, -0.15) is 0 Å². The highest BCUT2D eigenvalue weighted by Gasteiger charge is 2.21. The Kier molecular flexibility index (Phi) is 9.40. The summed E-state index contributed by atoms with van der Waals surface area (Å²) in [5.41, 5.74) is 2.08. The third-order valence-electron chi connectivity index (χ3n) is 4.76. The van der Waals surface area contributed by atoms with E-state index in [1.807, 2.05) is 29.7 Å². The predicted octanol–water partition coefficient (Wildman–Crippen LogP) is 5.91. The molecule has 0 fully saturated rings. The summed E-state index contributed by atoms with van der Waals surface area (Å²) in [4.78, 5) is 25.2. The van der Waals surface area contributed by atoms with Gasteiger partial charge in [-0.25, -0.2) is 0 Å². The fourth-order valence-corrected chi connectivity index (χ4v) is 5.02. The number of amides is 2. The average Bonchev–Trinajstić information content (AvgIpc) is 3.17. The lowest BCUT2D eigenvalue weighted by Gasteiger charge is -2.16. The van der Waals surface area contributed by atoms with Crippen molar-refractivity contribution in [2.75, 3.05) is 11.1 Å². The number of rotatable bonds is 9. The molecule has 11 heteroatoms. The highest BCUT2D eigenvalue weighted by atomic mass is 127. The van der Waals surface area contributed by atoms with Crippen LogP contribution in [0.3, 0.4) is 0 Å². The quantitative estimate of drug-likeness (QED) is 0.175. The Morgan fingerprint density at radius 3 is 2.68 bits per heavy atom. The van der Waals surface area contributed by atoms with Gasteiger partial charge in [-0.3, -0.25) is 9.59 Å². The van der Waals surface area contributed by atoms with E-state index >= 15 is 0 Å². The van der Waals surface area contributed by atoms with Crippen LogP contribution in [-0.2, 0) is 11.3 Å². The molecule has 3 aromatic rings. The van der Waals surface area contributed by atoms with Crippen molar-refractivity contribution in [1.82, 2.24) is 20.1 Å². The molecule has 3 rings (SSSR count). The molecule has 1 heterocycles. The summed E-state index contributed by atoms with van der Waals surface area (Å²) < 4.78 is 2.92. The third-order valence-corrected chi connectivity index (χ3v) is 6.95. The zero-order valence-corrected chi connectivity index (χ0v) is 22.9. The van der Waals surface area contributed by atoms with E-state index in [-0.39, 0.29) is 22.6 Å². The third kappa shape index (κ3) is 6.74. The first-order chi connectivity index (χ1) is 16.2. The Bertz CT molecular complexity index is 1230. The van der Waals surface area contributed by atoms with Crippen LogP contribution in [0.2, 0.25) is 10.0 Å². The van der Waals surface area contributed by atoms with Crippen LogP contribution < -0.4 is 10.6 Å². The first-order valence-corrected chi connectivity index (χ1v) is 13.0. The number of halogens is 3. The van der Waals surface area contributed by atoms with Crippen LogP contribution in [0.25, 0.3) is 0 Å². The minimum absolute atomic E-state index is 0.150. The van der Waals surface area contributed by atoms with Gasteiger partial charge in [0.25, 0.3) is 5.91 Å². The van der Waals surface area contributed by atoms with Crippen molar-refractivity contribution < 1.29 is 9.59 Å². The van der Waals surface area contributed by atoms with Gasteiger partial charge in [-0.1, -0.05) is 41.0 Å². The van der Waals surface area contributed by atoms with Gasteiger partial charge in [0.05, 0.1) is 22.4 Å². The van der Waals surface area contributed by atoms with E-state index in [0.29, 0.717) is 28.1 Å². The molecule has 178 valence electrons. The number of allylic oxidation sites excluding steroid dienone is 1. The molecule has 7 nitrogen and oxygen atoms in total. The van der Waals surface area contributed by atoms with Crippen LogP contribution in [0.15, 0.2) is 54.2 Å². The fraction of sp³-hybridized carbons (Fsp3) is 0.217. The molecule has 1 aromatic heterocycles. The molecule has 0 radical (unpaired) electrons. The van der Waals surface area contributed by atoms with Crippen LogP contribution in [0.1, 0.15) is 34.7 Å². The van der Waals surface area contributed by atoms with Gasteiger partial charge in [0, 0.05) is 20.8 Å². The van der Waals surface area contributed by atoms with Crippen molar-refractivity contribution in [2.45, 2.75) is 31.6 Å². The first kappa shape index (κ1) is 26.5. The minimum Gasteiger partial charge on any atom is -0.342 e. The molecule has 0 spiro atoms. The lowest BCUT2D eigenvalue weighted by atomic mass is 10.2. The summed E-state index contributed by atoms with van der Waals surface area (Å²) in [6.45, 7) is 7.96. The van der Waals surface area contributed by atoms with E-state index in [9.17, 15) is 9.59 Å². The monoisotopic (exact) mass is 629 g/mol. The number of hydrogen-bond donors (Lipinski definition) is 2. The Labute approximate surface area is 225 Å². The molecule has 34 heavy (non-hydrogen) atoms. The van der Waals surface area contributed by atoms with Crippen LogP contribution in [0.5, 0.6) is 0 Å². The minimum atomic E-state index is -0.468. The second-order valence-corrected chi connectivity index (χ2v) is 10.4. The number of carbonyl (C=O) groups is 2. The van der Waals surface area contributed by atoms with Gasteiger partial charge in [-0.05, 0) is 78.4 Å². The second-order valence-electron chi connectivity index (χ2n) is 7.36. The van der Waals surface area contributed by atoms with Gasteiger partial charge in [0.1, 0.15) is 0 Å². The molecular weight excluding hydrogens is 608 g/mol. The molecule has 0 saturated heterocycles. The number of anilines is 1. The van der Waals surface area contributed by atoms with Gasteiger partial charge >= 0.3 is 0 Å². The summed E-state index contributed by atoms with van der Waals surface area (Å²) in [6.07, 6.45) is 1.70. The maximum atomic E-state index is 12.7. The van der Waals surface area contributed by atoms with Crippen molar-refractivity contribution in [1.29, 1.82) is 0 Å². The number of thioether (sulfide) groups is 1. The summed E-state index contributed by atoms with van der Waals surface area (Å²) in [7, 11) is 0. The zero-order valence-electron chi connectivity index (χ0n) is 18.4. The molecule has 2 amide bonds. The van der Waals surface area contributed by atoms with E-state index in [0.717, 1.165) is 14.8 Å². The van der Waals surface area contributed by atoms with Crippen molar-refractivity contribution in [2.24, 2.45) is 0 Å². The Morgan fingerprint density at radius 1 is 1.24 bits per heavy atom. The van der Waals surface area contributed by atoms with Crippen molar-refractivity contribution in [3.05, 3.63) is 79.6 Å². The van der Waals surface area contributed by atoms with Crippen LogP contribution in [0.4, 0.5) is 5.69 Å². The van der Waals surface area contributed by atoms with E-state index in [1.54, 1.807) is 25.1 Å². The molecule has 2 aromatic carbocycles. The maximum absolute atomic E-state index is 12.7. The summed E-state index contributed by atoms with van der Waals surface area (Å²) in [5, 5.41) is 15.5. The lowest BCUT2D eigenvalue weighted by Crippen LogP contribution is -2.29. The maximum Gasteiger partial charge on any atom is 0.253 e. The Balaban J connectivity index is 1.68. The first-order valence-electron chi connectivity index (χ1n) is 10.2. The molecule has 1 unspecified atom stereocenters. The van der Waals surface area contributed by atoms with Crippen LogP contribution in [0, 0.1) is 10.5 Å². The van der Waals surface area contributed by atoms with E-state index in [4.69, 9.17) is 23.2 Å².